The van der Waals surface area contributed by atoms with Gasteiger partial charge in [0.15, 0.2) is 0 Å². The molecule has 3 aliphatic rings. The quantitative estimate of drug-likeness (QED) is 0.786. The number of ether oxygens (including phenoxy) is 1. The van der Waals surface area contributed by atoms with Gasteiger partial charge in [-0.2, -0.15) is 0 Å². The molecule has 0 aliphatic carbocycles. The predicted octanol–water partition coefficient (Wildman–Crippen LogP) is 2.91. The average Bonchev–Trinajstić information content (AvgIpc) is 2.81. The van der Waals surface area contributed by atoms with Crippen LogP contribution in [-0.4, -0.2) is 66.2 Å². The van der Waals surface area contributed by atoms with Crippen molar-refractivity contribution >= 4 is 16.8 Å². The largest absolute Gasteiger partial charge is 0.383 e. The number of amides is 1. The number of nitrogens with zero attached hydrogens (tertiary/aromatic N) is 3. The fourth-order valence-corrected chi connectivity index (χ4v) is 4.88. The van der Waals surface area contributed by atoms with E-state index in [4.69, 9.17) is 4.74 Å². The molecule has 1 aromatic carbocycles. The molecule has 0 spiro atoms. The maximum Gasteiger partial charge on any atom is 0.224 e. The molecule has 3 saturated heterocycles. The Bertz CT molecular complexity index is 800. The molecular formula is C22H31N3O2. The molecular weight excluding hydrogens is 338 g/mol. The lowest BCUT2D eigenvalue weighted by atomic mass is 9.95. The highest BCUT2D eigenvalue weighted by molar-refractivity contribution is 5.82. The number of fused-ring (bicyclic) bond motifs is 5. The number of rotatable bonds is 6. The van der Waals surface area contributed by atoms with Gasteiger partial charge in [0.1, 0.15) is 0 Å². The summed E-state index contributed by atoms with van der Waals surface area (Å²) < 4.78 is 7.55. The molecule has 146 valence electrons. The second-order valence-corrected chi connectivity index (χ2v) is 8.13. The Morgan fingerprint density at radius 1 is 1.15 bits per heavy atom. The van der Waals surface area contributed by atoms with Crippen molar-refractivity contribution in [1.82, 2.24) is 14.4 Å². The molecule has 1 aromatic heterocycles. The standard InChI is InChI=1S/C22H31N3O2/c1-17-13-19-5-3-4-6-21(19)25(17)10-9-22(26)24-15-18-7-8-20(16-24)23(14-18)11-12-27-2/h3-6,13,18,20H,7-12,14-16H2,1-2H3/t18-,20-/m0/s1. The Morgan fingerprint density at radius 2 is 2.00 bits per heavy atom. The van der Waals surface area contributed by atoms with Crippen LogP contribution in [0.2, 0.25) is 0 Å². The number of para-hydroxylation sites is 1. The molecule has 5 heteroatoms. The predicted molar refractivity (Wildman–Crippen MR) is 108 cm³/mol. The highest BCUT2D eigenvalue weighted by Gasteiger charge is 2.35. The second-order valence-electron chi connectivity index (χ2n) is 8.13. The van der Waals surface area contributed by atoms with E-state index in [9.17, 15) is 4.79 Å². The van der Waals surface area contributed by atoms with Gasteiger partial charge in [0.05, 0.1) is 6.61 Å². The highest BCUT2D eigenvalue weighted by atomic mass is 16.5. The molecule has 0 radical (unpaired) electrons. The molecule has 2 bridgehead atoms. The molecule has 0 unspecified atom stereocenters. The van der Waals surface area contributed by atoms with Gasteiger partial charge in [-0.25, -0.2) is 0 Å². The molecule has 3 aliphatic heterocycles. The fourth-order valence-electron chi connectivity index (χ4n) is 4.88. The molecule has 27 heavy (non-hydrogen) atoms. The first-order valence-corrected chi connectivity index (χ1v) is 10.2. The van der Waals surface area contributed by atoms with Gasteiger partial charge < -0.3 is 14.2 Å². The molecule has 3 fully saturated rings. The van der Waals surface area contributed by atoms with Crippen molar-refractivity contribution in [3.05, 3.63) is 36.0 Å². The number of carbonyl (C=O) groups is 1. The van der Waals surface area contributed by atoms with Gasteiger partial charge in [0.2, 0.25) is 5.91 Å². The van der Waals surface area contributed by atoms with Gasteiger partial charge in [-0.1, -0.05) is 18.2 Å². The van der Waals surface area contributed by atoms with Crippen molar-refractivity contribution in [1.29, 1.82) is 0 Å². The van der Waals surface area contributed by atoms with Crippen LogP contribution < -0.4 is 0 Å². The number of piperidine rings is 1. The number of aromatic nitrogens is 1. The van der Waals surface area contributed by atoms with Gasteiger partial charge in [0, 0.05) is 63.5 Å². The fraction of sp³-hybridized carbons (Fsp3) is 0.591. The summed E-state index contributed by atoms with van der Waals surface area (Å²) in [5.41, 5.74) is 2.45. The second kappa shape index (κ2) is 8.03. The minimum atomic E-state index is 0.303. The van der Waals surface area contributed by atoms with E-state index in [1.165, 1.54) is 29.4 Å². The van der Waals surface area contributed by atoms with E-state index in [-0.39, 0.29) is 0 Å². The smallest absolute Gasteiger partial charge is 0.224 e. The lowest BCUT2D eigenvalue weighted by Gasteiger charge is -2.35. The lowest BCUT2D eigenvalue weighted by molar-refractivity contribution is -0.131. The van der Waals surface area contributed by atoms with Crippen LogP contribution in [0, 0.1) is 12.8 Å². The number of carbonyl (C=O) groups excluding carboxylic acids is 1. The Balaban J connectivity index is 1.40. The maximum absolute atomic E-state index is 13.0. The zero-order valence-corrected chi connectivity index (χ0v) is 16.6. The Labute approximate surface area is 161 Å². The third kappa shape index (κ3) is 3.90. The SMILES string of the molecule is COCCN1C[C@@H]2CC[C@H]1CN(C(=O)CCn1c(C)cc3ccccc31)C2. The molecule has 0 saturated carbocycles. The van der Waals surface area contributed by atoms with E-state index >= 15 is 0 Å². The van der Waals surface area contributed by atoms with Crippen molar-refractivity contribution in [2.24, 2.45) is 5.92 Å². The average molecular weight is 370 g/mol. The van der Waals surface area contributed by atoms with Crippen LogP contribution in [0.1, 0.15) is 25.0 Å². The van der Waals surface area contributed by atoms with Crippen molar-refractivity contribution in [2.75, 3.05) is 39.9 Å². The third-order valence-electron chi connectivity index (χ3n) is 6.33. The zero-order valence-electron chi connectivity index (χ0n) is 16.6. The molecule has 4 heterocycles. The van der Waals surface area contributed by atoms with Crippen LogP contribution in [0.4, 0.5) is 0 Å². The maximum atomic E-state index is 13.0. The summed E-state index contributed by atoms with van der Waals surface area (Å²) >= 11 is 0. The summed E-state index contributed by atoms with van der Waals surface area (Å²) in [6.07, 6.45) is 3.04. The van der Waals surface area contributed by atoms with Crippen LogP contribution in [-0.2, 0) is 16.1 Å². The van der Waals surface area contributed by atoms with Gasteiger partial charge in [-0.05, 0) is 43.2 Å². The van der Waals surface area contributed by atoms with E-state index in [0.29, 0.717) is 24.3 Å². The van der Waals surface area contributed by atoms with Crippen LogP contribution in [0.25, 0.3) is 10.9 Å². The molecule has 2 aromatic rings. The number of hydrogen-bond donors (Lipinski definition) is 0. The topological polar surface area (TPSA) is 37.7 Å². The van der Waals surface area contributed by atoms with Gasteiger partial charge in [-0.3, -0.25) is 9.69 Å². The van der Waals surface area contributed by atoms with Crippen LogP contribution in [0.3, 0.4) is 0 Å². The lowest BCUT2D eigenvalue weighted by Crippen LogP contribution is -2.45. The van der Waals surface area contributed by atoms with Crippen LogP contribution >= 0.6 is 0 Å². The minimum absolute atomic E-state index is 0.303. The summed E-state index contributed by atoms with van der Waals surface area (Å²) in [5.74, 6) is 0.913. The Kier molecular flexibility index (Phi) is 5.50. The monoisotopic (exact) mass is 369 g/mol. The van der Waals surface area contributed by atoms with Crippen LogP contribution in [0.15, 0.2) is 30.3 Å². The number of hydrogen-bond acceptors (Lipinski definition) is 3. The first-order valence-electron chi connectivity index (χ1n) is 10.2. The normalized spacial score (nSPS) is 23.1. The van der Waals surface area contributed by atoms with E-state index in [2.05, 4.69) is 51.6 Å². The van der Waals surface area contributed by atoms with Gasteiger partial charge >= 0.3 is 0 Å². The molecule has 1 amide bonds. The van der Waals surface area contributed by atoms with E-state index in [0.717, 1.165) is 39.3 Å². The summed E-state index contributed by atoms with van der Waals surface area (Å²) in [4.78, 5) is 17.7. The van der Waals surface area contributed by atoms with Crippen molar-refractivity contribution in [3.63, 3.8) is 0 Å². The number of methoxy groups -OCH3 is 1. The minimum Gasteiger partial charge on any atom is -0.383 e. The first-order chi connectivity index (χ1) is 13.2. The summed E-state index contributed by atoms with van der Waals surface area (Å²) in [6, 6.07) is 11.1. The summed E-state index contributed by atoms with van der Waals surface area (Å²) in [7, 11) is 1.76. The third-order valence-corrected chi connectivity index (χ3v) is 6.33. The van der Waals surface area contributed by atoms with Crippen molar-refractivity contribution in [3.8, 4) is 0 Å². The highest BCUT2D eigenvalue weighted by Crippen LogP contribution is 2.28. The molecule has 5 nitrogen and oxygen atoms in total. The zero-order chi connectivity index (χ0) is 18.8. The van der Waals surface area contributed by atoms with Gasteiger partial charge in [0.25, 0.3) is 0 Å². The van der Waals surface area contributed by atoms with E-state index < -0.39 is 0 Å². The first kappa shape index (κ1) is 18.5. The van der Waals surface area contributed by atoms with Crippen LogP contribution in [0.5, 0.6) is 0 Å². The Hall–Kier alpha value is -1.85. The number of aryl methyl sites for hydroxylation is 2. The van der Waals surface area contributed by atoms with Crippen molar-refractivity contribution in [2.45, 2.75) is 38.8 Å². The summed E-state index contributed by atoms with van der Waals surface area (Å²) in [5, 5.41) is 1.25. The Morgan fingerprint density at radius 3 is 2.85 bits per heavy atom. The molecule has 0 N–H and O–H groups in total. The molecule has 2 atom stereocenters. The summed E-state index contributed by atoms with van der Waals surface area (Å²) in [6.45, 7) is 7.56. The number of benzene rings is 1. The van der Waals surface area contributed by atoms with E-state index in [1.54, 1.807) is 7.11 Å². The van der Waals surface area contributed by atoms with Crippen molar-refractivity contribution < 1.29 is 9.53 Å². The van der Waals surface area contributed by atoms with Gasteiger partial charge in [-0.15, -0.1) is 0 Å². The molecule has 5 rings (SSSR count). The van der Waals surface area contributed by atoms with E-state index in [1.807, 2.05) is 0 Å².